The summed E-state index contributed by atoms with van der Waals surface area (Å²) in [5.74, 6) is 0.119. The number of hydrogen-bond donors (Lipinski definition) is 0. The van der Waals surface area contributed by atoms with Crippen LogP contribution in [0.3, 0.4) is 0 Å². The highest BCUT2D eigenvalue weighted by Gasteiger charge is 2.24. The van der Waals surface area contributed by atoms with Crippen molar-refractivity contribution in [2.75, 3.05) is 31.6 Å². The van der Waals surface area contributed by atoms with E-state index >= 15 is 0 Å². The topological polar surface area (TPSA) is 36.4 Å². The summed E-state index contributed by atoms with van der Waals surface area (Å²) in [6.07, 6.45) is 0. The number of hydrogen-bond acceptors (Lipinski definition) is 5. The number of carbonyl (C=O) groups is 1. The van der Waals surface area contributed by atoms with Crippen molar-refractivity contribution in [3.05, 3.63) is 10.6 Å². The Morgan fingerprint density at radius 1 is 1.47 bits per heavy atom. The number of Topliss-reactive ketones (excluding diaryl/α,β-unsaturated/α-hetero) is 1. The Labute approximate surface area is 106 Å². The minimum absolute atomic E-state index is 0.119. The number of aryl methyl sites for hydroxylation is 1. The van der Waals surface area contributed by atoms with E-state index in [9.17, 15) is 4.79 Å². The number of nitrogens with zero attached hydrogens (tertiary/aromatic N) is 3. The molecule has 1 atom stereocenters. The molecule has 1 aliphatic rings. The molecule has 1 aliphatic heterocycles. The van der Waals surface area contributed by atoms with Gasteiger partial charge in [0.1, 0.15) is 0 Å². The average Bonchev–Trinajstić information content (AvgIpc) is 2.64. The minimum atomic E-state index is 0.119. The van der Waals surface area contributed by atoms with Crippen molar-refractivity contribution in [2.24, 2.45) is 0 Å². The second kappa shape index (κ2) is 4.74. The molecule has 94 valence electrons. The summed E-state index contributed by atoms with van der Waals surface area (Å²) in [5, 5.41) is 0.993. The standard InChI is InChI=1S/C12H19N3OS/c1-8-7-15(6-5-14(8)4)12-13-9(2)11(17-12)10(3)16/h8H,5-7H2,1-4H3. The highest BCUT2D eigenvalue weighted by atomic mass is 32.1. The summed E-state index contributed by atoms with van der Waals surface area (Å²) >= 11 is 1.52. The maximum Gasteiger partial charge on any atom is 0.186 e. The van der Waals surface area contributed by atoms with E-state index in [0.29, 0.717) is 6.04 Å². The summed E-state index contributed by atoms with van der Waals surface area (Å²) in [6.45, 7) is 8.77. The summed E-state index contributed by atoms with van der Waals surface area (Å²) in [7, 11) is 2.15. The Kier molecular flexibility index (Phi) is 3.49. The first-order chi connectivity index (χ1) is 7.99. The van der Waals surface area contributed by atoms with Gasteiger partial charge in [-0.3, -0.25) is 4.79 Å². The van der Waals surface area contributed by atoms with Crippen molar-refractivity contribution in [3.8, 4) is 0 Å². The van der Waals surface area contributed by atoms with E-state index in [1.165, 1.54) is 11.3 Å². The maximum absolute atomic E-state index is 11.4. The van der Waals surface area contributed by atoms with Crippen molar-refractivity contribution in [2.45, 2.75) is 26.8 Å². The lowest BCUT2D eigenvalue weighted by Gasteiger charge is -2.37. The first-order valence-corrected chi connectivity index (χ1v) is 6.74. The number of rotatable bonds is 2. The van der Waals surface area contributed by atoms with Crippen LogP contribution in [0.25, 0.3) is 0 Å². The lowest BCUT2D eigenvalue weighted by atomic mass is 10.2. The van der Waals surface area contributed by atoms with Crippen LogP contribution in [0.15, 0.2) is 0 Å². The first-order valence-electron chi connectivity index (χ1n) is 5.92. The van der Waals surface area contributed by atoms with E-state index in [2.05, 4.69) is 28.8 Å². The van der Waals surface area contributed by atoms with Gasteiger partial charge in [0, 0.05) is 32.6 Å². The number of anilines is 1. The molecule has 4 nitrogen and oxygen atoms in total. The molecule has 2 heterocycles. The predicted octanol–water partition coefficient (Wildman–Crippen LogP) is 1.79. The number of ketones is 1. The van der Waals surface area contributed by atoms with E-state index < -0.39 is 0 Å². The maximum atomic E-state index is 11.4. The Morgan fingerprint density at radius 2 is 2.18 bits per heavy atom. The van der Waals surface area contributed by atoms with Gasteiger partial charge in [0.25, 0.3) is 0 Å². The number of piperazine rings is 1. The molecule has 0 bridgehead atoms. The molecule has 0 radical (unpaired) electrons. The molecule has 1 fully saturated rings. The largest absolute Gasteiger partial charge is 0.345 e. The Bertz CT molecular complexity index is 429. The van der Waals surface area contributed by atoms with Crippen LogP contribution in [0, 0.1) is 6.92 Å². The van der Waals surface area contributed by atoms with Gasteiger partial charge in [0.05, 0.1) is 10.6 Å². The predicted molar refractivity (Wildman–Crippen MR) is 71.2 cm³/mol. The number of likely N-dealkylation sites (N-methyl/N-ethyl adjacent to an activating group) is 1. The van der Waals surface area contributed by atoms with Gasteiger partial charge < -0.3 is 9.80 Å². The van der Waals surface area contributed by atoms with Crippen molar-refractivity contribution < 1.29 is 4.79 Å². The molecular formula is C12H19N3OS. The van der Waals surface area contributed by atoms with Crippen LogP contribution >= 0.6 is 11.3 Å². The third-order valence-electron chi connectivity index (χ3n) is 3.34. The summed E-state index contributed by atoms with van der Waals surface area (Å²) in [4.78, 5) is 21.4. The minimum Gasteiger partial charge on any atom is -0.345 e. The molecular weight excluding hydrogens is 234 g/mol. The zero-order chi connectivity index (χ0) is 12.6. The molecule has 0 aliphatic carbocycles. The molecule has 1 saturated heterocycles. The molecule has 1 aromatic heterocycles. The van der Waals surface area contributed by atoms with Crippen LogP contribution < -0.4 is 4.90 Å². The van der Waals surface area contributed by atoms with Gasteiger partial charge in [-0.15, -0.1) is 0 Å². The Balaban J connectivity index is 2.18. The SMILES string of the molecule is CC(=O)c1sc(N2CCN(C)C(C)C2)nc1C. The van der Waals surface area contributed by atoms with Gasteiger partial charge in [-0.05, 0) is 20.9 Å². The summed E-state index contributed by atoms with van der Waals surface area (Å²) < 4.78 is 0. The normalized spacial score (nSPS) is 21.9. The van der Waals surface area contributed by atoms with Crippen molar-refractivity contribution in [1.29, 1.82) is 0 Å². The third kappa shape index (κ3) is 2.50. The van der Waals surface area contributed by atoms with Crippen molar-refractivity contribution in [1.82, 2.24) is 9.88 Å². The molecule has 0 saturated carbocycles. The summed E-state index contributed by atoms with van der Waals surface area (Å²) in [5.41, 5.74) is 0.865. The molecule has 2 rings (SSSR count). The molecule has 1 aromatic rings. The van der Waals surface area contributed by atoms with Crippen molar-refractivity contribution >= 4 is 22.3 Å². The second-order valence-electron chi connectivity index (χ2n) is 4.74. The Morgan fingerprint density at radius 3 is 2.71 bits per heavy atom. The van der Waals surface area contributed by atoms with Gasteiger partial charge >= 0.3 is 0 Å². The fourth-order valence-corrected chi connectivity index (χ4v) is 3.06. The number of carbonyl (C=O) groups excluding carboxylic acids is 1. The zero-order valence-electron chi connectivity index (χ0n) is 10.9. The van der Waals surface area contributed by atoms with E-state index in [0.717, 1.165) is 35.3 Å². The monoisotopic (exact) mass is 253 g/mol. The molecule has 0 spiro atoms. The third-order valence-corrected chi connectivity index (χ3v) is 4.65. The highest BCUT2D eigenvalue weighted by Crippen LogP contribution is 2.27. The first kappa shape index (κ1) is 12.5. The average molecular weight is 253 g/mol. The van der Waals surface area contributed by atoms with E-state index in [-0.39, 0.29) is 5.78 Å². The zero-order valence-corrected chi connectivity index (χ0v) is 11.7. The van der Waals surface area contributed by atoms with Gasteiger partial charge in [0.2, 0.25) is 0 Å². The van der Waals surface area contributed by atoms with Gasteiger partial charge in [0.15, 0.2) is 10.9 Å². The van der Waals surface area contributed by atoms with Crippen LogP contribution in [0.1, 0.15) is 29.2 Å². The fraction of sp³-hybridized carbons (Fsp3) is 0.667. The lowest BCUT2D eigenvalue weighted by molar-refractivity contribution is 0.102. The van der Waals surface area contributed by atoms with Crippen LogP contribution in [0.4, 0.5) is 5.13 Å². The molecule has 5 heteroatoms. The fourth-order valence-electron chi connectivity index (χ4n) is 2.07. The van der Waals surface area contributed by atoms with Crippen LogP contribution in [-0.4, -0.2) is 48.4 Å². The van der Waals surface area contributed by atoms with E-state index in [1.807, 2.05) is 6.92 Å². The number of aromatic nitrogens is 1. The molecule has 0 N–H and O–H groups in total. The molecule has 1 unspecified atom stereocenters. The van der Waals surface area contributed by atoms with Crippen LogP contribution in [0.5, 0.6) is 0 Å². The van der Waals surface area contributed by atoms with E-state index in [1.54, 1.807) is 6.92 Å². The van der Waals surface area contributed by atoms with Crippen molar-refractivity contribution in [3.63, 3.8) is 0 Å². The van der Waals surface area contributed by atoms with Crippen LogP contribution in [-0.2, 0) is 0 Å². The van der Waals surface area contributed by atoms with E-state index in [4.69, 9.17) is 0 Å². The lowest BCUT2D eigenvalue weighted by Crippen LogP contribution is -2.50. The van der Waals surface area contributed by atoms with Gasteiger partial charge in [-0.2, -0.15) is 0 Å². The smallest absolute Gasteiger partial charge is 0.186 e. The second-order valence-corrected chi connectivity index (χ2v) is 5.72. The highest BCUT2D eigenvalue weighted by molar-refractivity contribution is 7.17. The van der Waals surface area contributed by atoms with Gasteiger partial charge in [-0.25, -0.2) is 4.98 Å². The molecule has 0 aromatic carbocycles. The molecule has 0 amide bonds. The number of thiazole rings is 1. The van der Waals surface area contributed by atoms with Crippen LogP contribution in [0.2, 0.25) is 0 Å². The summed E-state index contributed by atoms with van der Waals surface area (Å²) in [6, 6.07) is 0.536. The van der Waals surface area contributed by atoms with Gasteiger partial charge in [-0.1, -0.05) is 11.3 Å². The Hall–Kier alpha value is -0.940. The molecule has 17 heavy (non-hydrogen) atoms. The quantitative estimate of drug-likeness (QED) is 0.753.